The molecule has 0 radical (unpaired) electrons. The summed E-state index contributed by atoms with van der Waals surface area (Å²) >= 11 is 0. The van der Waals surface area contributed by atoms with E-state index in [4.69, 9.17) is 4.74 Å². The van der Waals surface area contributed by atoms with Gasteiger partial charge in [-0.3, -0.25) is 4.90 Å². The molecule has 0 spiro atoms. The lowest BCUT2D eigenvalue weighted by atomic mass is 10.0. The summed E-state index contributed by atoms with van der Waals surface area (Å²) in [5, 5.41) is 3.63. The van der Waals surface area contributed by atoms with Crippen molar-refractivity contribution in [1.29, 1.82) is 0 Å². The number of nitrogens with zero attached hydrogens (tertiary/aromatic N) is 2. The molecule has 0 aromatic heterocycles. The molecule has 1 N–H and O–H groups in total. The third kappa shape index (κ3) is 6.80. The van der Waals surface area contributed by atoms with Crippen LogP contribution in [0.2, 0.25) is 0 Å². The molecule has 1 aliphatic heterocycles. The van der Waals surface area contributed by atoms with Crippen LogP contribution >= 0.6 is 0 Å². The molecule has 4 heteroatoms. The fraction of sp³-hybridized carbons (Fsp3) is 0.700. The van der Waals surface area contributed by atoms with Crippen LogP contribution in [0.3, 0.4) is 0 Å². The molecule has 1 unspecified atom stereocenters. The second-order valence-corrected chi connectivity index (χ2v) is 7.04. The molecule has 1 saturated heterocycles. The Kier molecular flexibility index (Phi) is 8.57. The van der Waals surface area contributed by atoms with E-state index in [1.54, 1.807) is 0 Å². The second kappa shape index (κ2) is 10.7. The van der Waals surface area contributed by atoms with Crippen molar-refractivity contribution in [2.75, 3.05) is 53.4 Å². The third-order valence-electron chi connectivity index (χ3n) is 4.77. The van der Waals surface area contributed by atoms with E-state index < -0.39 is 0 Å². The van der Waals surface area contributed by atoms with E-state index in [1.165, 1.54) is 37.9 Å². The molecular weight excluding hydrogens is 298 g/mol. The van der Waals surface area contributed by atoms with Crippen molar-refractivity contribution in [1.82, 2.24) is 15.1 Å². The minimum absolute atomic E-state index is 0.423. The summed E-state index contributed by atoms with van der Waals surface area (Å²) < 4.78 is 5.92. The lowest BCUT2D eigenvalue weighted by molar-refractivity contribution is 0.183. The van der Waals surface area contributed by atoms with Gasteiger partial charge in [-0.2, -0.15) is 0 Å². The minimum Gasteiger partial charge on any atom is -0.492 e. The first-order chi connectivity index (χ1) is 11.7. The smallest absolute Gasteiger partial charge is 0.119 e. The number of piperidine rings is 1. The molecule has 136 valence electrons. The Hall–Kier alpha value is -1.10. The summed E-state index contributed by atoms with van der Waals surface area (Å²) in [5.41, 5.74) is 1.35. The normalized spacial score (nSPS) is 17.2. The zero-order valence-corrected chi connectivity index (χ0v) is 15.8. The highest BCUT2D eigenvalue weighted by Gasteiger charge is 2.10. The van der Waals surface area contributed by atoms with Gasteiger partial charge in [0, 0.05) is 25.7 Å². The molecule has 1 aromatic carbocycles. The van der Waals surface area contributed by atoms with Crippen LogP contribution in [0.5, 0.6) is 5.75 Å². The Morgan fingerprint density at radius 3 is 2.46 bits per heavy atom. The van der Waals surface area contributed by atoms with Crippen LogP contribution in [0.25, 0.3) is 0 Å². The maximum Gasteiger partial charge on any atom is 0.119 e. The Bertz CT molecular complexity index is 441. The van der Waals surface area contributed by atoms with Gasteiger partial charge in [-0.15, -0.1) is 0 Å². The zero-order chi connectivity index (χ0) is 17.2. The average Bonchev–Trinajstić information content (AvgIpc) is 2.60. The largest absolute Gasteiger partial charge is 0.492 e. The summed E-state index contributed by atoms with van der Waals surface area (Å²) in [5.74, 6) is 0.985. The molecule has 4 nitrogen and oxygen atoms in total. The molecule has 2 rings (SSSR count). The van der Waals surface area contributed by atoms with E-state index in [9.17, 15) is 0 Å². The van der Waals surface area contributed by atoms with Crippen molar-refractivity contribution in [3.63, 3.8) is 0 Å². The number of hydrogen-bond acceptors (Lipinski definition) is 4. The van der Waals surface area contributed by atoms with Gasteiger partial charge >= 0.3 is 0 Å². The van der Waals surface area contributed by atoms with Crippen LogP contribution in [0.4, 0.5) is 0 Å². The van der Waals surface area contributed by atoms with Gasteiger partial charge in [0.1, 0.15) is 12.4 Å². The highest BCUT2D eigenvalue weighted by atomic mass is 16.5. The number of likely N-dealkylation sites (tertiary alicyclic amines) is 1. The van der Waals surface area contributed by atoms with E-state index >= 15 is 0 Å². The fourth-order valence-corrected chi connectivity index (χ4v) is 3.23. The summed E-state index contributed by atoms with van der Waals surface area (Å²) in [4.78, 5) is 4.72. The number of nitrogens with one attached hydrogen (secondary N) is 1. The molecule has 1 aliphatic rings. The first-order valence-corrected chi connectivity index (χ1v) is 9.52. The highest BCUT2D eigenvalue weighted by Crippen LogP contribution is 2.20. The van der Waals surface area contributed by atoms with Gasteiger partial charge in [0.05, 0.1) is 0 Å². The van der Waals surface area contributed by atoms with Crippen LogP contribution in [-0.2, 0) is 0 Å². The number of benzene rings is 1. The summed E-state index contributed by atoms with van der Waals surface area (Å²) in [6.45, 7) is 8.62. The van der Waals surface area contributed by atoms with Gasteiger partial charge in [0.25, 0.3) is 0 Å². The Morgan fingerprint density at radius 2 is 1.83 bits per heavy atom. The Morgan fingerprint density at radius 1 is 1.12 bits per heavy atom. The van der Waals surface area contributed by atoms with Crippen molar-refractivity contribution in [2.24, 2.45) is 0 Å². The molecule has 1 atom stereocenters. The molecule has 0 amide bonds. The monoisotopic (exact) mass is 333 g/mol. The third-order valence-corrected chi connectivity index (χ3v) is 4.77. The SMILES string of the molecule is CCC(NCCN(C)C)c1ccc(OCCN2CCCCC2)cc1. The molecule has 24 heavy (non-hydrogen) atoms. The van der Waals surface area contributed by atoms with E-state index in [0.717, 1.165) is 38.4 Å². The molecule has 0 saturated carbocycles. The van der Waals surface area contributed by atoms with Gasteiger partial charge in [0.2, 0.25) is 0 Å². The van der Waals surface area contributed by atoms with E-state index in [0.29, 0.717) is 6.04 Å². The van der Waals surface area contributed by atoms with Crippen LogP contribution < -0.4 is 10.1 Å². The molecule has 0 aliphatic carbocycles. The quantitative estimate of drug-likeness (QED) is 0.712. The lowest BCUT2D eigenvalue weighted by Gasteiger charge is -2.26. The summed E-state index contributed by atoms with van der Waals surface area (Å²) in [6, 6.07) is 9.05. The first-order valence-electron chi connectivity index (χ1n) is 9.52. The van der Waals surface area contributed by atoms with E-state index in [2.05, 4.69) is 60.4 Å². The number of likely N-dealkylation sites (N-methyl/N-ethyl adjacent to an activating group) is 1. The van der Waals surface area contributed by atoms with Crippen molar-refractivity contribution in [3.05, 3.63) is 29.8 Å². The number of ether oxygens (including phenoxy) is 1. The van der Waals surface area contributed by atoms with Gasteiger partial charge < -0.3 is 15.0 Å². The van der Waals surface area contributed by atoms with E-state index in [1.807, 2.05) is 0 Å². The number of rotatable bonds is 10. The number of hydrogen-bond donors (Lipinski definition) is 1. The predicted octanol–water partition coefficient (Wildman–Crippen LogP) is 3.15. The predicted molar refractivity (Wildman–Crippen MR) is 102 cm³/mol. The Labute approximate surface area is 148 Å². The molecule has 1 fully saturated rings. The summed E-state index contributed by atoms with van der Waals surface area (Å²) in [7, 11) is 4.22. The standard InChI is InChI=1S/C20H35N3O/c1-4-20(21-12-15-22(2)3)18-8-10-19(11-9-18)24-17-16-23-13-6-5-7-14-23/h8-11,20-21H,4-7,12-17H2,1-3H3. The van der Waals surface area contributed by atoms with Gasteiger partial charge in [0.15, 0.2) is 0 Å². The first kappa shape index (κ1) is 19.2. The fourth-order valence-electron chi connectivity index (χ4n) is 3.23. The van der Waals surface area contributed by atoms with Crippen molar-refractivity contribution in [2.45, 2.75) is 38.6 Å². The van der Waals surface area contributed by atoms with Crippen molar-refractivity contribution in [3.8, 4) is 5.75 Å². The van der Waals surface area contributed by atoms with Crippen LogP contribution in [0.1, 0.15) is 44.2 Å². The Balaban J connectivity index is 1.74. The van der Waals surface area contributed by atoms with Gasteiger partial charge in [-0.25, -0.2) is 0 Å². The summed E-state index contributed by atoms with van der Waals surface area (Å²) in [6.07, 6.45) is 5.17. The van der Waals surface area contributed by atoms with Crippen LogP contribution in [0, 0.1) is 0 Å². The lowest BCUT2D eigenvalue weighted by Crippen LogP contribution is -2.33. The molecule has 1 aromatic rings. The second-order valence-electron chi connectivity index (χ2n) is 7.04. The average molecular weight is 334 g/mol. The van der Waals surface area contributed by atoms with Crippen molar-refractivity contribution >= 4 is 0 Å². The van der Waals surface area contributed by atoms with Crippen molar-refractivity contribution < 1.29 is 4.74 Å². The highest BCUT2D eigenvalue weighted by molar-refractivity contribution is 5.29. The minimum atomic E-state index is 0.423. The maximum absolute atomic E-state index is 5.92. The molecular formula is C20H35N3O. The van der Waals surface area contributed by atoms with Gasteiger partial charge in [-0.1, -0.05) is 25.5 Å². The molecule has 1 heterocycles. The van der Waals surface area contributed by atoms with E-state index in [-0.39, 0.29) is 0 Å². The topological polar surface area (TPSA) is 27.7 Å². The zero-order valence-electron chi connectivity index (χ0n) is 15.8. The molecule has 0 bridgehead atoms. The van der Waals surface area contributed by atoms with Gasteiger partial charge in [-0.05, 0) is 64.1 Å². The van der Waals surface area contributed by atoms with Crippen LogP contribution in [-0.4, -0.2) is 63.2 Å². The van der Waals surface area contributed by atoms with Crippen LogP contribution in [0.15, 0.2) is 24.3 Å². The maximum atomic E-state index is 5.92.